The summed E-state index contributed by atoms with van der Waals surface area (Å²) in [5, 5.41) is 21.0. The van der Waals surface area contributed by atoms with Crippen LogP contribution in [0.4, 0.5) is 0 Å². The normalized spacial score (nSPS) is 18.0. The zero-order valence-electron chi connectivity index (χ0n) is 16.8. The molecule has 1 aliphatic rings. The molecule has 2 aromatic carbocycles. The Bertz CT molecular complexity index is 1370. The molecular weight excluding hydrogens is 452 g/mol. The first kappa shape index (κ1) is 21.8. The van der Waals surface area contributed by atoms with Gasteiger partial charge >= 0.3 is 0 Å². The van der Waals surface area contributed by atoms with Crippen molar-refractivity contribution in [2.24, 2.45) is 10.2 Å². The van der Waals surface area contributed by atoms with Crippen LogP contribution in [0.5, 0.6) is 0 Å². The topological polar surface area (TPSA) is 133 Å². The van der Waals surface area contributed by atoms with Crippen LogP contribution in [-0.2, 0) is 19.6 Å². The van der Waals surface area contributed by atoms with Crippen molar-refractivity contribution < 1.29 is 23.1 Å². The van der Waals surface area contributed by atoms with Crippen LogP contribution in [0.15, 0.2) is 69.8 Å². The van der Waals surface area contributed by atoms with Crippen molar-refractivity contribution in [1.29, 1.82) is 0 Å². The first-order valence-corrected chi connectivity index (χ1v) is 11.8. The summed E-state index contributed by atoms with van der Waals surface area (Å²) in [6.07, 6.45) is 2.42. The van der Waals surface area contributed by atoms with E-state index in [2.05, 4.69) is 15.5 Å². The fraction of sp³-hybridized carbons (Fsp3) is 0.143. The number of aliphatic carboxylic acids is 1. The van der Waals surface area contributed by atoms with E-state index in [1.807, 2.05) is 6.92 Å². The summed E-state index contributed by atoms with van der Waals surface area (Å²) in [7, 11) is -3.83. The minimum Gasteiger partial charge on any atom is -0.550 e. The maximum Gasteiger partial charge on any atom is 0.268 e. The van der Waals surface area contributed by atoms with E-state index in [0.717, 1.165) is 17.3 Å². The predicted octanol–water partition coefficient (Wildman–Crippen LogP) is 1.25. The van der Waals surface area contributed by atoms with Gasteiger partial charge in [0.1, 0.15) is 0 Å². The summed E-state index contributed by atoms with van der Waals surface area (Å²) in [6, 6.07) is 13.6. The molecule has 1 N–H and O–H groups in total. The number of fused-ring (bicyclic) bond motifs is 1. The Balaban J connectivity index is 1.66. The Morgan fingerprint density at radius 2 is 1.94 bits per heavy atom. The Hall–Kier alpha value is -3.44. The van der Waals surface area contributed by atoms with Crippen molar-refractivity contribution >= 4 is 55.9 Å². The number of aryl methyl sites for hydroxylation is 1. The van der Waals surface area contributed by atoms with E-state index < -0.39 is 33.6 Å². The quantitative estimate of drug-likeness (QED) is 0.427. The molecule has 1 saturated heterocycles. The van der Waals surface area contributed by atoms with Crippen molar-refractivity contribution in [2.75, 3.05) is 0 Å². The Morgan fingerprint density at radius 3 is 2.66 bits per heavy atom. The summed E-state index contributed by atoms with van der Waals surface area (Å²) in [5.74, 6) is -1.81. The number of aromatic nitrogens is 1. The first-order chi connectivity index (χ1) is 15.3. The molecule has 11 heteroatoms. The van der Waals surface area contributed by atoms with Crippen LogP contribution in [0.2, 0.25) is 0 Å². The Labute approximate surface area is 187 Å². The molecule has 1 fully saturated rings. The van der Waals surface area contributed by atoms with Crippen molar-refractivity contribution in [1.82, 2.24) is 9.29 Å². The number of para-hydroxylation sites is 1. The molecule has 1 aromatic heterocycles. The lowest BCUT2D eigenvalue weighted by Gasteiger charge is -2.07. The average Bonchev–Trinajstić information content (AvgIpc) is 3.29. The smallest absolute Gasteiger partial charge is 0.268 e. The Morgan fingerprint density at radius 1 is 1.22 bits per heavy atom. The van der Waals surface area contributed by atoms with Crippen LogP contribution in [0.25, 0.3) is 10.9 Å². The molecule has 1 aliphatic heterocycles. The number of carbonyl (C=O) groups excluding carboxylic acids is 2. The van der Waals surface area contributed by atoms with Crippen LogP contribution < -0.4 is 10.4 Å². The maximum absolute atomic E-state index is 13.2. The fourth-order valence-corrected chi connectivity index (χ4v) is 5.47. The van der Waals surface area contributed by atoms with E-state index >= 15 is 0 Å². The zero-order valence-corrected chi connectivity index (χ0v) is 18.4. The maximum atomic E-state index is 13.2. The van der Waals surface area contributed by atoms with Gasteiger partial charge in [0, 0.05) is 29.5 Å². The van der Waals surface area contributed by atoms with Gasteiger partial charge < -0.3 is 15.2 Å². The standard InChI is InChI=1S/C21H18N4O5S2/c1-13-6-8-15(9-7-13)32(29,30)25-12-14(16-4-2-3-5-17(16)25)11-22-24-21-23-20(28)18(31-21)10-19(26)27/h2-9,11-12,18H,10H2,1H3,(H,26,27)(H,23,24,28)/p-1/b22-11-/t18-/m0/s1. The molecule has 0 spiro atoms. The highest BCUT2D eigenvalue weighted by Gasteiger charge is 2.30. The number of carboxylic acids is 1. The van der Waals surface area contributed by atoms with Gasteiger partial charge in [0.2, 0.25) is 5.91 Å². The highest BCUT2D eigenvalue weighted by Crippen LogP contribution is 2.26. The molecule has 32 heavy (non-hydrogen) atoms. The average molecular weight is 470 g/mol. The number of hydrogen-bond acceptors (Lipinski definition) is 8. The van der Waals surface area contributed by atoms with Crippen molar-refractivity contribution in [3.05, 3.63) is 65.9 Å². The molecule has 0 unspecified atom stereocenters. The number of carbonyl (C=O) groups is 2. The second-order valence-electron chi connectivity index (χ2n) is 7.04. The highest BCUT2D eigenvalue weighted by molar-refractivity contribution is 8.15. The van der Waals surface area contributed by atoms with E-state index in [1.165, 1.54) is 16.4 Å². The van der Waals surface area contributed by atoms with E-state index in [9.17, 15) is 23.1 Å². The van der Waals surface area contributed by atoms with Gasteiger partial charge in [-0.25, -0.2) is 12.4 Å². The second-order valence-corrected chi connectivity index (χ2v) is 10.0. The van der Waals surface area contributed by atoms with Gasteiger partial charge in [0.15, 0.2) is 5.17 Å². The minimum absolute atomic E-state index is 0.161. The van der Waals surface area contributed by atoms with Crippen LogP contribution in [0, 0.1) is 6.92 Å². The first-order valence-electron chi connectivity index (χ1n) is 9.46. The third kappa shape index (κ3) is 4.30. The molecule has 0 saturated carbocycles. The van der Waals surface area contributed by atoms with Crippen molar-refractivity contribution in [2.45, 2.75) is 23.5 Å². The summed E-state index contributed by atoms with van der Waals surface area (Å²) >= 11 is 0.947. The number of thioether (sulfide) groups is 1. The predicted molar refractivity (Wildman–Crippen MR) is 120 cm³/mol. The number of hydrogen-bond donors (Lipinski definition) is 1. The third-order valence-corrected chi connectivity index (χ3v) is 7.52. The minimum atomic E-state index is -3.83. The van der Waals surface area contributed by atoms with E-state index in [4.69, 9.17) is 0 Å². The lowest BCUT2D eigenvalue weighted by Crippen LogP contribution is -2.31. The molecule has 4 rings (SSSR count). The van der Waals surface area contributed by atoms with E-state index in [1.54, 1.807) is 48.5 Å². The number of benzene rings is 2. The van der Waals surface area contributed by atoms with Gasteiger partial charge in [-0.05, 0) is 25.1 Å². The fourth-order valence-electron chi connectivity index (χ4n) is 3.18. The van der Waals surface area contributed by atoms with E-state index in [0.29, 0.717) is 16.5 Å². The number of rotatable bonds is 6. The SMILES string of the molecule is Cc1ccc(S(=O)(=O)n2cc(/C=N\N=C3\NC(=O)[C@H](CC(=O)[O-])S3)c3ccccc32)cc1. The van der Waals surface area contributed by atoms with Gasteiger partial charge in [-0.3, -0.25) is 4.79 Å². The highest BCUT2D eigenvalue weighted by atomic mass is 32.2. The van der Waals surface area contributed by atoms with Crippen LogP contribution in [-0.4, -0.2) is 40.9 Å². The van der Waals surface area contributed by atoms with Crippen molar-refractivity contribution in [3.8, 4) is 0 Å². The van der Waals surface area contributed by atoms with Gasteiger partial charge in [-0.15, -0.1) is 5.10 Å². The molecule has 2 heterocycles. The zero-order chi connectivity index (χ0) is 22.9. The van der Waals surface area contributed by atoms with Gasteiger partial charge in [-0.2, -0.15) is 5.10 Å². The molecule has 9 nitrogen and oxygen atoms in total. The summed E-state index contributed by atoms with van der Waals surface area (Å²) in [6.45, 7) is 1.88. The number of nitrogens with one attached hydrogen (secondary N) is 1. The summed E-state index contributed by atoms with van der Waals surface area (Å²) < 4.78 is 27.6. The molecule has 1 atom stereocenters. The Kier molecular flexibility index (Phi) is 5.85. The molecule has 0 radical (unpaired) electrons. The van der Waals surface area contributed by atoms with Crippen LogP contribution in [0.3, 0.4) is 0 Å². The number of amides is 1. The third-order valence-electron chi connectivity index (χ3n) is 4.76. The van der Waals surface area contributed by atoms with Gasteiger partial charge in [0.05, 0.1) is 21.9 Å². The molecule has 3 aromatic rings. The van der Waals surface area contributed by atoms with Gasteiger partial charge in [0.25, 0.3) is 10.0 Å². The van der Waals surface area contributed by atoms with Crippen LogP contribution in [0.1, 0.15) is 17.5 Å². The summed E-state index contributed by atoms with van der Waals surface area (Å²) in [4.78, 5) is 22.6. The number of nitrogens with zero attached hydrogens (tertiary/aromatic N) is 3. The summed E-state index contributed by atoms with van der Waals surface area (Å²) in [5.41, 5.74) is 1.95. The molecule has 0 bridgehead atoms. The largest absolute Gasteiger partial charge is 0.550 e. The van der Waals surface area contributed by atoms with Gasteiger partial charge in [-0.1, -0.05) is 47.7 Å². The van der Waals surface area contributed by atoms with E-state index in [-0.39, 0.29) is 10.1 Å². The monoisotopic (exact) mass is 469 g/mol. The lowest BCUT2D eigenvalue weighted by atomic mass is 10.2. The van der Waals surface area contributed by atoms with Crippen LogP contribution >= 0.6 is 11.8 Å². The molecule has 164 valence electrons. The lowest BCUT2D eigenvalue weighted by molar-refractivity contribution is -0.305. The van der Waals surface area contributed by atoms with Crippen molar-refractivity contribution in [3.63, 3.8) is 0 Å². The number of carboxylic acid groups (broad SMARTS) is 1. The second kappa shape index (κ2) is 8.60. The molecule has 1 amide bonds. The molecular formula is C21H17N4O5S2-. The molecule has 0 aliphatic carbocycles. The number of amidine groups is 1.